The predicted molar refractivity (Wildman–Crippen MR) is 124 cm³/mol. The van der Waals surface area contributed by atoms with Crippen molar-refractivity contribution in [1.29, 1.82) is 0 Å². The number of carbonyl (C=O) groups is 2. The van der Waals surface area contributed by atoms with Crippen LogP contribution in [0.15, 0.2) is 50.0 Å². The third-order valence-electron chi connectivity index (χ3n) is 6.74. The Kier molecular flexibility index (Phi) is 5.48. The molecule has 0 saturated heterocycles. The quantitative estimate of drug-likeness (QED) is 0.460. The molecule has 5 rings (SSSR count). The highest BCUT2D eigenvalue weighted by Crippen LogP contribution is 2.37. The molecular formula is C27H24NO6-. The highest BCUT2D eigenvalue weighted by Gasteiger charge is 2.24. The van der Waals surface area contributed by atoms with E-state index in [1.54, 1.807) is 37.3 Å². The van der Waals surface area contributed by atoms with Crippen molar-refractivity contribution in [3.63, 3.8) is 0 Å². The highest BCUT2D eigenvalue weighted by atomic mass is 16.4. The minimum atomic E-state index is -1.43. The van der Waals surface area contributed by atoms with Gasteiger partial charge in [-0.25, -0.2) is 4.79 Å². The zero-order valence-corrected chi connectivity index (χ0v) is 19.0. The van der Waals surface area contributed by atoms with Crippen LogP contribution in [0.1, 0.15) is 52.5 Å². The molecule has 0 fully saturated rings. The van der Waals surface area contributed by atoms with Crippen LogP contribution in [-0.4, -0.2) is 11.9 Å². The number of aryl methyl sites for hydroxylation is 4. The summed E-state index contributed by atoms with van der Waals surface area (Å²) < 4.78 is 11.8. The lowest BCUT2D eigenvalue weighted by atomic mass is 9.93. The molecule has 1 aliphatic rings. The topological polar surface area (TPSA) is 113 Å². The molecule has 1 amide bonds. The van der Waals surface area contributed by atoms with Crippen LogP contribution in [-0.2, 0) is 28.9 Å². The van der Waals surface area contributed by atoms with Crippen LogP contribution in [0.5, 0.6) is 0 Å². The van der Waals surface area contributed by atoms with Gasteiger partial charge in [-0.2, -0.15) is 0 Å². The average Bonchev–Trinajstić information content (AvgIpc) is 3.20. The molecule has 1 atom stereocenters. The normalized spacial score (nSPS) is 14.2. The van der Waals surface area contributed by atoms with Gasteiger partial charge in [0, 0.05) is 28.3 Å². The van der Waals surface area contributed by atoms with Gasteiger partial charge in [0.1, 0.15) is 16.9 Å². The molecule has 1 N–H and O–H groups in total. The lowest BCUT2D eigenvalue weighted by Crippen LogP contribution is -2.42. The smallest absolute Gasteiger partial charge is 0.340 e. The van der Waals surface area contributed by atoms with Crippen molar-refractivity contribution in [2.45, 2.75) is 52.0 Å². The van der Waals surface area contributed by atoms with Crippen molar-refractivity contribution in [3.8, 4) is 0 Å². The number of benzene rings is 2. The number of amides is 1. The molecule has 2 aromatic heterocycles. The molecule has 0 radical (unpaired) electrons. The molecule has 4 aromatic rings. The van der Waals surface area contributed by atoms with E-state index in [4.69, 9.17) is 8.83 Å². The summed E-state index contributed by atoms with van der Waals surface area (Å²) in [6, 6.07) is 8.96. The van der Waals surface area contributed by atoms with Crippen LogP contribution in [0.2, 0.25) is 0 Å². The number of hydrogen-bond acceptors (Lipinski definition) is 6. The third kappa shape index (κ3) is 3.67. The first-order valence-corrected chi connectivity index (χ1v) is 11.4. The Hall–Kier alpha value is -3.87. The third-order valence-corrected chi connectivity index (χ3v) is 6.74. The van der Waals surface area contributed by atoms with Crippen molar-refractivity contribution in [2.24, 2.45) is 0 Å². The minimum Gasteiger partial charge on any atom is -0.548 e. The van der Waals surface area contributed by atoms with Crippen LogP contribution >= 0.6 is 0 Å². The molecular weight excluding hydrogens is 434 g/mol. The Balaban J connectivity index is 1.53. The summed E-state index contributed by atoms with van der Waals surface area (Å²) in [7, 11) is 0. The van der Waals surface area contributed by atoms with Gasteiger partial charge in [-0.1, -0.05) is 30.3 Å². The van der Waals surface area contributed by atoms with Gasteiger partial charge in [-0.3, -0.25) is 4.79 Å². The lowest BCUT2D eigenvalue weighted by molar-refractivity contribution is -0.308. The summed E-state index contributed by atoms with van der Waals surface area (Å²) in [5.41, 5.74) is 3.77. The van der Waals surface area contributed by atoms with Crippen molar-refractivity contribution < 1.29 is 23.5 Å². The second-order valence-electron chi connectivity index (χ2n) is 8.87. The maximum atomic E-state index is 12.9. The lowest BCUT2D eigenvalue weighted by Gasteiger charge is -2.20. The molecule has 0 saturated carbocycles. The number of carboxylic acid groups (broad SMARTS) is 1. The SMILES string of the molecule is Cc1c(CC(=O)N[C@H](C(=O)[O-])c2ccccc2)c(=O)oc2c(C)c3oc4c(c3cc12)CCCC4. The standard InChI is InChI=1S/C27H25NO6/c1-14-18-12-20-17-10-6-7-11-21(17)33-25(20)15(2)24(18)34-27(32)19(14)13-22(29)28-23(26(30)31)16-8-4-3-5-9-16/h3-5,8-9,12,23H,6-7,10-11,13H2,1-2H3,(H,28,29)(H,30,31)/p-1/t23-/m0/s1. The molecule has 2 aromatic carbocycles. The van der Waals surface area contributed by atoms with E-state index >= 15 is 0 Å². The Morgan fingerprint density at radius 2 is 1.71 bits per heavy atom. The zero-order valence-electron chi connectivity index (χ0n) is 19.0. The fourth-order valence-corrected chi connectivity index (χ4v) is 4.92. The summed E-state index contributed by atoms with van der Waals surface area (Å²) >= 11 is 0. The van der Waals surface area contributed by atoms with E-state index in [2.05, 4.69) is 5.32 Å². The Bertz CT molecular complexity index is 1500. The second-order valence-corrected chi connectivity index (χ2v) is 8.87. The fourth-order valence-electron chi connectivity index (χ4n) is 4.92. The number of furan rings is 1. The largest absolute Gasteiger partial charge is 0.548 e. The van der Waals surface area contributed by atoms with E-state index in [-0.39, 0.29) is 12.0 Å². The van der Waals surface area contributed by atoms with E-state index in [0.29, 0.717) is 16.7 Å². The average molecular weight is 458 g/mol. The molecule has 0 aliphatic heterocycles. The van der Waals surface area contributed by atoms with Gasteiger partial charge < -0.3 is 24.1 Å². The molecule has 7 nitrogen and oxygen atoms in total. The Morgan fingerprint density at radius 1 is 1.00 bits per heavy atom. The number of rotatable bonds is 5. The van der Waals surface area contributed by atoms with Gasteiger partial charge in [0.2, 0.25) is 5.91 Å². The summed E-state index contributed by atoms with van der Waals surface area (Å²) in [5, 5.41) is 15.9. The fraction of sp³-hybridized carbons (Fsp3) is 0.296. The second kappa shape index (κ2) is 8.48. The maximum Gasteiger partial charge on any atom is 0.340 e. The molecule has 174 valence electrons. The molecule has 34 heavy (non-hydrogen) atoms. The summed E-state index contributed by atoms with van der Waals surface area (Å²) in [5.74, 6) is -1.04. The van der Waals surface area contributed by atoms with Crippen LogP contribution in [0, 0.1) is 13.8 Å². The molecule has 0 spiro atoms. The van der Waals surface area contributed by atoms with Crippen LogP contribution in [0.3, 0.4) is 0 Å². The van der Waals surface area contributed by atoms with E-state index < -0.39 is 23.5 Å². The number of aliphatic carboxylic acids is 1. The van der Waals surface area contributed by atoms with Crippen LogP contribution in [0.4, 0.5) is 0 Å². The van der Waals surface area contributed by atoms with Crippen molar-refractivity contribution >= 4 is 33.8 Å². The predicted octanol–water partition coefficient (Wildman–Crippen LogP) is 3.18. The molecule has 0 unspecified atom stereocenters. The highest BCUT2D eigenvalue weighted by molar-refractivity contribution is 6.00. The number of carboxylic acids is 1. The van der Waals surface area contributed by atoms with Gasteiger partial charge in [-0.05, 0) is 50.3 Å². The Labute approximate surface area is 195 Å². The van der Waals surface area contributed by atoms with Crippen molar-refractivity contribution in [2.75, 3.05) is 0 Å². The van der Waals surface area contributed by atoms with E-state index in [9.17, 15) is 19.5 Å². The van der Waals surface area contributed by atoms with Gasteiger partial charge in [0.15, 0.2) is 0 Å². The first-order chi connectivity index (χ1) is 16.3. The van der Waals surface area contributed by atoms with Gasteiger partial charge in [0.25, 0.3) is 0 Å². The molecule has 7 heteroatoms. The van der Waals surface area contributed by atoms with Gasteiger partial charge >= 0.3 is 5.63 Å². The van der Waals surface area contributed by atoms with Crippen molar-refractivity contribution in [3.05, 3.63) is 80.4 Å². The number of hydrogen-bond donors (Lipinski definition) is 1. The Morgan fingerprint density at radius 3 is 2.44 bits per heavy atom. The number of nitrogens with one attached hydrogen (secondary N) is 1. The first kappa shape index (κ1) is 21.9. The van der Waals surface area contributed by atoms with Crippen LogP contribution < -0.4 is 16.0 Å². The van der Waals surface area contributed by atoms with Gasteiger partial charge in [0.05, 0.1) is 24.0 Å². The van der Waals surface area contributed by atoms with E-state index in [0.717, 1.165) is 53.4 Å². The van der Waals surface area contributed by atoms with Crippen molar-refractivity contribution in [1.82, 2.24) is 5.32 Å². The summed E-state index contributed by atoms with van der Waals surface area (Å²) in [6.45, 7) is 3.66. The summed E-state index contributed by atoms with van der Waals surface area (Å²) in [6.07, 6.45) is 3.74. The van der Waals surface area contributed by atoms with Crippen LogP contribution in [0.25, 0.3) is 21.9 Å². The minimum absolute atomic E-state index is 0.200. The van der Waals surface area contributed by atoms with E-state index in [1.807, 2.05) is 13.0 Å². The maximum absolute atomic E-state index is 12.9. The van der Waals surface area contributed by atoms with E-state index in [1.165, 1.54) is 5.56 Å². The molecule has 0 bridgehead atoms. The molecule has 2 heterocycles. The summed E-state index contributed by atoms with van der Waals surface area (Å²) in [4.78, 5) is 37.3. The number of carbonyl (C=O) groups excluding carboxylic acids is 2. The van der Waals surface area contributed by atoms with Gasteiger partial charge in [-0.15, -0.1) is 0 Å². The molecule has 1 aliphatic carbocycles. The first-order valence-electron chi connectivity index (χ1n) is 11.4. The number of fused-ring (bicyclic) bond motifs is 4. The monoisotopic (exact) mass is 458 g/mol. The zero-order chi connectivity index (χ0) is 24.0.